The number of hydrogen-bond donors (Lipinski definition) is 0. The average Bonchev–Trinajstić information content (AvgIpc) is 3.01. The van der Waals surface area contributed by atoms with E-state index in [2.05, 4.69) is 0 Å². The standard InChI is InChI=1S/C23H19NO7S/c25-22-20-8-4-5-9-21(20)32(27,28)24(22)16-31-23(26)17-10-12-19(13-11-17)30-15-14-29-18-6-2-1-3-7-18/h1-13H,14-16H2. The minimum atomic E-state index is -4.04. The largest absolute Gasteiger partial charge is 0.490 e. The highest BCUT2D eigenvalue weighted by atomic mass is 32.2. The summed E-state index contributed by atoms with van der Waals surface area (Å²) in [7, 11) is -4.04. The number of esters is 1. The molecule has 9 heteroatoms. The smallest absolute Gasteiger partial charge is 0.339 e. The molecule has 0 aliphatic carbocycles. The van der Waals surface area contributed by atoms with Gasteiger partial charge in [-0.3, -0.25) is 4.79 Å². The maximum atomic E-state index is 12.5. The molecule has 1 amide bonds. The molecule has 0 bridgehead atoms. The molecule has 0 atom stereocenters. The maximum absolute atomic E-state index is 12.5. The lowest BCUT2D eigenvalue weighted by atomic mass is 10.2. The van der Waals surface area contributed by atoms with Crippen molar-refractivity contribution in [2.24, 2.45) is 0 Å². The summed E-state index contributed by atoms with van der Waals surface area (Å²) < 4.78 is 41.7. The Morgan fingerprint density at radius 3 is 2.03 bits per heavy atom. The van der Waals surface area contributed by atoms with Crippen LogP contribution in [0.1, 0.15) is 20.7 Å². The lowest BCUT2D eigenvalue weighted by molar-refractivity contribution is 0.0358. The third kappa shape index (κ3) is 4.42. The van der Waals surface area contributed by atoms with Gasteiger partial charge in [-0.05, 0) is 48.5 Å². The molecule has 164 valence electrons. The SMILES string of the molecule is O=C(OCN1C(=O)c2ccccc2S1(=O)=O)c1ccc(OCCOc2ccccc2)cc1. The van der Waals surface area contributed by atoms with Crippen molar-refractivity contribution in [1.82, 2.24) is 4.31 Å². The fraction of sp³-hybridized carbons (Fsp3) is 0.130. The lowest BCUT2D eigenvalue weighted by Gasteiger charge is -2.15. The molecule has 0 aromatic heterocycles. The van der Waals surface area contributed by atoms with E-state index in [4.69, 9.17) is 14.2 Å². The van der Waals surface area contributed by atoms with Crippen LogP contribution in [0.3, 0.4) is 0 Å². The summed E-state index contributed by atoms with van der Waals surface area (Å²) in [5, 5.41) is 0. The molecule has 0 saturated carbocycles. The van der Waals surface area contributed by atoms with E-state index in [1.807, 2.05) is 30.3 Å². The van der Waals surface area contributed by atoms with Crippen molar-refractivity contribution >= 4 is 21.9 Å². The third-order valence-corrected chi connectivity index (χ3v) is 6.44. The first kappa shape index (κ1) is 21.4. The summed E-state index contributed by atoms with van der Waals surface area (Å²) in [6.07, 6.45) is 0. The summed E-state index contributed by atoms with van der Waals surface area (Å²) >= 11 is 0. The van der Waals surface area contributed by atoms with Gasteiger partial charge in [-0.15, -0.1) is 0 Å². The molecule has 1 aliphatic heterocycles. The van der Waals surface area contributed by atoms with Crippen LogP contribution in [0.25, 0.3) is 0 Å². The summed E-state index contributed by atoms with van der Waals surface area (Å²) in [4.78, 5) is 24.6. The van der Waals surface area contributed by atoms with Gasteiger partial charge in [-0.2, -0.15) is 4.31 Å². The number of nitrogens with zero attached hydrogens (tertiary/aromatic N) is 1. The van der Waals surface area contributed by atoms with E-state index in [1.54, 1.807) is 18.2 Å². The van der Waals surface area contributed by atoms with Crippen molar-refractivity contribution in [3.63, 3.8) is 0 Å². The van der Waals surface area contributed by atoms with E-state index in [0.29, 0.717) is 23.3 Å². The number of ether oxygens (including phenoxy) is 3. The van der Waals surface area contributed by atoms with Crippen LogP contribution in [0.4, 0.5) is 0 Å². The lowest BCUT2D eigenvalue weighted by Crippen LogP contribution is -2.33. The number of sulfonamides is 1. The van der Waals surface area contributed by atoms with Crippen molar-refractivity contribution in [1.29, 1.82) is 0 Å². The Hall–Kier alpha value is -3.85. The molecule has 0 saturated heterocycles. The van der Waals surface area contributed by atoms with E-state index in [-0.39, 0.29) is 16.0 Å². The van der Waals surface area contributed by atoms with Gasteiger partial charge in [-0.1, -0.05) is 30.3 Å². The van der Waals surface area contributed by atoms with Crippen LogP contribution in [-0.2, 0) is 14.8 Å². The fourth-order valence-electron chi connectivity index (χ4n) is 3.08. The Morgan fingerprint density at radius 2 is 1.38 bits per heavy atom. The fourth-order valence-corrected chi connectivity index (χ4v) is 4.51. The van der Waals surface area contributed by atoms with Crippen molar-refractivity contribution in [2.75, 3.05) is 19.9 Å². The number of rotatable bonds is 8. The first-order valence-electron chi connectivity index (χ1n) is 9.71. The number of amides is 1. The molecule has 1 heterocycles. The normalized spacial score (nSPS) is 14.0. The van der Waals surface area contributed by atoms with E-state index in [1.165, 1.54) is 30.3 Å². The van der Waals surface area contributed by atoms with Crippen LogP contribution in [-0.4, -0.2) is 44.5 Å². The van der Waals surface area contributed by atoms with Crippen molar-refractivity contribution in [2.45, 2.75) is 4.90 Å². The molecular weight excluding hydrogens is 434 g/mol. The molecule has 1 aliphatic rings. The Balaban J connectivity index is 1.28. The van der Waals surface area contributed by atoms with E-state index >= 15 is 0 Å². The van der Waals surface area contributed by atoms with Gasteiger partial charge >= 0.3 is 5.97 Å². The number of para-hydroxylation sites is 1. The average molecular weight is 453 g/mol. The summed E-state index contributed by atoms with van der Waals surface area (Å²) in [6, 6.07) is 21.4. The Bertz CT molecular complexity index is 1220. The molecule has 3 aromatic rings. The molecule has 32 heavy (non-hydrogen) atoms. The molecule has 0 radical (unpaired) electrons. The second kappa shape index (κ2) is 9.11. The molecule has 3 aromatic carbocycles. The topological polar surface area (TPSA) is 99.2 Å². The zero-order valence-electron chi connectivity index (χ0n) is 16.8. The molecule has 8 nitrogen and oxygen atoms in total. The van der Waals surface area contributed by atoms with Crippen molar-refractivity contribution in [3.05, 3.63) is 90.0 Å². The minimum absolute atomic E-state index is 0.0568. The van der Waals surface area contributed by atoms with Gasteiger partial charge in [-0.25, -0.2) is 13.2 Å². The second-order valence-electron chi connectivity index (χ2n) is 6.75. The molecular formula is C23H19NO7S. The summed E-state index contributed by atoms with van der Waals surface area (Å²) in [5.74, 6) is -0.209. The van der Waals surface area contributed by atoms with E-state index in [0.717, 1.165) is 5.75 Å². The predicted octanol–water partition coefficient (Wildman–Crippen LogP) is 3.10. The highest BCUT2D eigenvalue weighted by Crippen LogP contribution is 2.29. The van der Waals surface area contributed by atoms with Gasteiger partial charge in [0.25, 0.3) is 15.9 Å². The first-order valence-corrected chi connectivity index (χ1v) is 11.1. The molecule has 0 unspecified atom stereocenters. The molecule has 0 N–H and O–H groups in total. The van der Waals surface area contributed by atoms with E-state index < -0.39 is 28.6 Å². The Morgan fingerprint density at radius 1 is 0.781 bits per heavy atom. The minimum Gasteiger partial charge on any atom is -0.490 e. The van der Waals surface area contributed by atoms with Crippen LogP contribution in [0, 0.1) is 0 Å². The highest BCUT2D eigenvalue weighted by Gasteiger charge is 2.41. The third-order valence-electron chi connectivity index (χ3n) is 4.68. The first-order chi connectivity index (χ1) is 15.5. The van der Waals surface area contributed by atoms with Gasteiger partial charge in [0.2, 0.25) is 0 Å². The number of fused-ring (bicyclic) bond motifs is 1. The van der Waals surface area contributed by atoms with Gasteiger partial charge in [0, 0.05) is 0 Å². The quantitative estimate of drug-likeness (QED) is 0.382. The van der Waals surface area contributed by atoms with Crippen molar-refractivity contribution < 1.29 is 32.2 Å². The number of benzene rings is 3. The van der Waals surface area contributed by atoms with Gasteiger partial charge in [0.1, 0.15) is 29.6 Å². The van der Waals surface area contributed by atoms with E-state index in [9.17, 15) is 18.0 Å². The zero-order chi connectivity index (χ0) is 22.6. The predicted molar refractivity (Wildman–Crippen MR) is 114 cm³/mol. The van der Waals surface area contributed by atoms with Crippen LogP contribution in [0.2, 0.25) is 0 Å². The number of carbonyl (C=O) groups is 2. The van der Waals surface area contributed by atoms with Crippen LogP contribution in [0.5, 0.6) is 11.5 Å². The number of hydrogen-bond acceptors (Lipinski definition) is 7. The Kier molecular flexibility index (Phi) is 6.09. The molecule has 0 spiro atoms. The zero-order valence-corrected chi connectivity index (χ0v) is 17.7. The highest BCUT2D eigenvalue weighted by molar-refractivity contribution is 7.90. The van der Waals surface area contributed by atoms with Gasteiger partial charge in [0.15, 0.2) is 6.73 Å². The molecule has 0 fully saturated rings. The van der Waals surface area contributed by atoms with Gasteiger partial charge < -0.3 is 14.2 Å². The second-order valence-corrected chi connectivity index (χ2v) is 8.58. The van der Waals surface area contributed by atoms with Crippen LogP contribution < -0.4 is 9.47 Å². The summed E-state index contributed by atoms with van der Waals surface area (Å²) in [6.45, 7) is -0.0353. The van der Waals surface area contributed by atoms with Gasteiger partial charge in [0.05, 0.1) is 11.1 Å². The van der Waals surface area contributed by atoms with Crippen LogP contribution in [0.15, 0.2) is 83.8 Å². The Labute approximate surface area is 185 Å². The maximum Gasteiger partial charge on any atom is 0.339 e. The number of carbonyl (C=O) groups excluding carboxylic acids is 2. The summed E-state index contributed by atoms with van der Waals surface area (Å²) in [5.41, 5.74) is 0.251. The van der Waals surface area contributed by atoms with Crippen molar-refractivity contribution in [3.8, 4) is 11.5 Å². The van der Waals surface area contributed by atoms with Crippen LogP contribution >= 0.6 is 0 Å². The monoisotopic (exact) mass is 453 g/mol. The molecule has 4 rings (SSSR count).